The molecule has 1 heterocycles. The lowest BCUT2D eigenvalue weighted by atomic mass is 9.90. The number of carbonyl (C=O) groups is 2. The van der Waals surface area contributed by atoms with E-state index in [0.717, 1.165) is 32.9 Å². The summed E-state index contributed by atoms with van der Waals surface area (Å²) in [6, 6.07) is 17.7. The Hall–Kier alpha value is -4.64. The summed E-state index contributed by atoms with van der Waals surface area (Å²) >= 11 is 0. The van der Waals surface area contributed by atoms with Crippen molar-refractivity contribution in [1.29, 1.82) is 0 Å². The molecule has 1 aromatic heterocycles. The van der Waals surface area contributed by atoms with E-state index in [1.54, 1.807) is 26.0 Å². The average Bonchev–Trinajstić information content (AvgIpc) is 3.22. The molecule has 3 aromatic carbocycles. The van der Waals surface area contributed by atoms with Gasteiger partial charge in [0, 0.05) is 46.0 Å². The largest absolute Gasteiger partial charge is 0.423 e. The predicted octanol–water partition coefficient (Wildman–Crippen LogP) is 9.06. The smallest absolute Gasteiger partial charge is 0.338 e. The minimum Gasteiger partial charge on any atom is -0.423 e. The minimum absolute atomic E-state index is 0.242. The Kier molecular flexibility index (Phi) is 8.48. The van der Waals surface area contributed by atoms with Crippen LogP contribution in [0, 0.1) is 12.8 Å². The molecule has 5 heteroatoms. The van der Waals surface area contributed by atoms with E-state index in [9.17, 15) is 9.59 Å². The third-order valence-electron chi connectivity index (χ3n) is 7.23. The molecule has 0 aliphatic rings. The lowest BCUT2D eigenvalue weighted by Gasteiger charge is -2.15. The number of nitrogens with zero attached hydrogens (tertiary/aromatic N) is 1. The summed E-state index contributed by atoms with van der Waals surface area (Å²) < 4.78 is 13.4. The van der Waals surface area contributed by atoms with Crippen molar-refractivity contribution in [2.75, 3.05) is 0 Å². The topological polar surface area (TPSA) is 57.5 Å². The summed E-state index contributed by atoms with van der Waals surface area (Å²) in [5.74, 6) is -0.304. The van der Waals surface area contributed by atoms with Gasteiger partial charge in [0.1, 0.15) is 11.5 Å². The van der Waals surface area contributed by atoms with Gasteiger partial charge in [-0.3, -0.25) is 0 Å². The molecule has 0 atom stereocenters. The van der Waals surface area contributed by atoms with Crippen LogP contribution in [-0.4, -0.2) is 16.5 Å². The number of benzene rings is 3. The zero-order valence-corrected chi connectivity index (χ0v) is 24.9. The molecule has 0 spiro atoms. The fraction of sp³-hybridized carbons (Fsp3) is 0.222. The molecular formula is C36H37NO4. The molecule has 0 aliphatic heterocycles. The minimum atomic E-state index is -0.564. The van der Waals surface area contributed by atoms with Gasteiger partial charge in [0.05, 0.1) is 11.2 Å². The first-order valence-electron chi connectivity index (χ1n) is 13.7. The standard InChI is InChI=1S/C36H37NO4/c1-10-13-30(24(8)21(2)3)33-25(9)37(32-17-16-26-14-11-12-15-31(26)34(32)33)27-18-28(40-35(38)22(4)5)20-29(19-27)41-36(39)23(6)7/h10-21H,4,6H2,1-3,5,7-9H3/b13-10-,30-24-. The van der Waals surface area contributed by atoms with Crippen LogP contribution in [0.1, 0.15) is 52.8 Å². The van der Waals surface area contributed by atoms with Crippen molar-refractivity contribution in [3.05, 3.63) is 108 Å². The van der Waals surface area contributed by atoms with E-state index in [4.69, 9.17) is 9.47 Å². The summed E-state index contributed by atoms with van der Waals surface area (Å²) in [4.78, 5) is 24.9. The van der Waals surface area contributed by atoms with Gasteiger partial charge in [-0.05, 0) is 62.9 Å². The summed E-state index contributed by atoms with van der Waals surface area (Å²) in [6.07, 6.45) is 4.25. The lowest BCUT2D eigenvalue weighted by Crippen LogP contribution is -2.11. The van der Waals surface area contributed by atoms with E-state index in [0.29, 0.717) is 11.6 Å². The monoisotopic (exact) mass is 547 g/mol. The van der Waals surface area contributed by atoms with Gasteiger partial charge in [-0.15, -0.1) is 0 Å². The molecule has 0 N–H and O–H groups in total. The highest BCUT2D eigenvalue weighted by atomic mass is 16.5. The Morgan fingerprint density at radius 3 is 2.00 bits per heavy atom. The number of hydrogen-bond acceptors (Lipinski definition) is 4. The van der Waals surface area contributed by atoms with Gasteiger partial charge >= 0.3 is 11.9 Å². The number of esters is 2. The van der Waals surface area contributed by atoms with Crippen LogP contribution in [0.15, 0.2) is 96.6 Å². The fourth-order valence-electron chi connectivity index (χ4n) is 4.93. The Balaban J connectivity index is 2.12. The quantitative estimate of drug-likeness (QED) is 0.0955. The highest BCUT2D eigenvalue weighted by Gasteiger charge is 2.23. The molecule has 0 bridgehead atoms. The SMILES string of the molecule is C=C(C)C(=O)Oc1cc(OC(=O)C(=C)C)cc(-n2c(C)c(C(/C=C\C)=C(/C)C(C)C)c3c4ccccc4ccc32)c1. The lowest BCUT2D eigenvalue weighted by molar-refractivity contribution is -0.130. The Morgan fingerprint density at radius 1 is 0.878 bits per heavy atom. The van der Waals surface area contributed by atoms with E-state index in [1.807, 2.05) is 13.0 Å². The molecule has 4 rings (SSSR count). The van der Waals surface area contributed by atoms with Crippen molar-refractivity contribution in [3.63, 3.8) is 0 Å². The summed E-state index contributed by atoms with van der Waals surface area (Å²) in [7, 11) is 0. The van der Waals surface area contributed by atoms with Gasteiger partial charge in [0.25, 0.3) is 0 Å². The normalized spacial score (nSPS) is 12.2. The molecule has 0 radical (unpaired) electrons. The summed E-state index contributed by atoms with van der Waals surface area (Å²) in [6.45, 7) is 21.3. The van der Waals surface area contributed by atoms with E-state index >= 15 is 0 Å². The van der Waals surface area contributed by atoms with Crippen LogP contribution in [0.25, 0.3) is 32.9 Å². The maximum Gasteiger partial charge on any atom is 0.338 e. The molecule has 210 valence electrons. The van der Waals surface area contributed by atoms with Gasteiger partial charge in [-0.1, -0.05) is 75.1 Å². The van der Waals surface area contributed by atoms with Crippen molar-refractivity contribution >= 4 is 39.2 Å². The molecule has 0 fully saturated rings. The maximum atomic E-state index is 12.5. The Morgan fingerprint density at radius 2 is 1.46 bits per heavy atom. The van der Waals surface area contributed by atoms with Gasteiger partial charge in [0.2, 0.25) is 0 Å². The molecular weight excluding hydrogens is 510 g/mol. The Labute approximate surface area is 242 Å². The number of ether oxygens (including phenoxy) is 2. The number of allylic oxidation sites excluding steroid dienone is 4. The highest BCUT2D eigenvalue weighted by Crippen LogP contribution is 2.41. The number of fused-ring (bicyclic) bond motifs is 3. The number of aromatic nitrogens is 1. The molecule has 0 aliphatic carbocycles. The molecule has 41 heavy (non-hydrogen) atoms. The second-order valence-corrected chi connectivity index (χ2v) is 10.7. The van der Waals surface area contributed by atoms with Gasteiger partial charge < -0.3 is 14.0 Å². The van der Waals surface area contributed by atoms with Crippen molar-refractivity contribution in [1.82, 2.24) is 4.57 Å². The number of hydrogen-bond donors (Lipinski definition) is 0. The van der Waals surface area contributed by atoms with Gasteiger partial charge in [-0.25, -0.2) is 9.59 Å². The third kappa shape index (κ3) is 5.80. The molecule has 0 saturated heterocycles. The van der Waals surface area contributed by atoms with Crippen molar-refractivity contribution in [2.45, 2.75) is 48.5 Å². The molecule has 0 saturated carbocycles. The van der Waals surface area contributed by atoms with Crippen LogP contribution in [0.5, 0.6) is 11.5 Å². The van der Waals surface area contributed by atoms with Crippen LogP contribution in [-0.2, 0) is 9.59 Å². The van der Waals surface area contributed by atoms with Crippen molar-refractivity contribution in [3.8, 4) is 17.2 Å². The summed E-state index contributed by atoms with van der Waals surface area (Å²) in [5.41, 5.74) is 6.77. The van der Waals surface area contributed by atoms with E-state index in [-0.39, 0.29) is 22.6 Å². The van der Waals surface area contributed by atoms with Gasteiger partial charge in [-0.2, -0.15) is 0 Å². The third-order valence-corrected chi connectivity index (χ3v) is 7.23. The molecule has 5 nitrogen and oxygen atoms in total. The van der Waals surface area contributed by atoms with Crippen LogP contribution in [0.4, 0.5) is 0 Å². The highest BCUT2D eigenvalue weighted by molar-refractivity contribution is 6.14. The number of rotatable bonds is 8. The van der Waals surface area contributed by atoms with Crippen LogP contribution in [0.2, 0.25) is 0 Å². The Bertz CT molecular complexity index is 1730. The maximum absolute atomic E-state index is 12.5. The average molecular weight is 548 g/mol. The van der Waals surface area contributed by atoms with E-state index in [1.165, 1.54) is 17.2 Å². The second-order valence-electron chi connectivity index (χ2n) is 10.7. The van der Waals surface area contributed by atoms with E-state index < -0.39 is 11.9 Å². The first-order chi connectivity index (χ1) is 19.4. The molecule has 0 amide bonds. The molecule has 4 aromatic rings. The summed E-state index contributed by atoms with van der Waals surface area (Å²) in [5, 5.41) is 3.40. The molecule has 0 unspecified atom stereocenters. The first-order valence-corrected chi connectivity index (χ1v) is 13.7. The van der Waals surface area contributed by atoms with Crippen molar-refractivity contribution < 1.29 is 19.1 Å². The van der Waals surface area contributed by atoms with Gasteiger partial charge in [0.15, 0.2) is 0 Å². The second kappa shape index (κ2) is 11.8. The van der Waals surface area contributed by atoms with E-state index in [2.05, 4.69) is 87.9 Å². The van der Waals surface area contributed by atoms with Crippen molar-refractivity contribution in [2.24, 2.45) is 5.92 Å². The van der Waals surface area contributed by atoms with Crippen LogP contribution < -0.4 is 9.47 Å². The zero-order chi connectivity index (χ0) is 30.0. The predicted molar refractivity (Wildman–Crippen MR) is 169 cm³/mol. The fourth-order valence-corrected chi connectivity index (χ4v) is 4.93. The first kappa shape index (κ1) is 29.3. The zero-order valence-electron chi connectivity index (χ0n) is 24.9. The number of carbonyl (C=O) groups excluding carboxylic acids is 2. The van der Waals surface area contributed by atoms with Crippen LogP contribution >= 0.6 is 0 Å². The van der Waals surface area contributed by atoms with Crippen LogP contribution in [0.3, 0.4) is 0 Å².